The summed E-state index contributed by atoms with van der Waals surface area (Å²) in [5.74, 6) is 0.166. The molecule has 124 valence electrons. The maximum absolute atomic E-state index is 8.96. The molecule has 0 fully saturated rings. The van der Waals surface area contributed by atoms with E-state index in [1.165, 1.54) is 5.56 Å². The Hall–Kier alpha value is -2.96. The summed E-state index contributed by atoms with van der Waals surface area (Å²) < 4.78 is 6.28. The van der Waals surface area contributed by atoms with Crippen LogP contribution in [0.4, 0.5) is 0 Å². The minimum atomic E-state index is -0.136. The predicted octanol–water partition coefficient (Wildman–Crippen LogP) is 5.01. The summed E-state index contributed by atoms with van der Waals surface area (Å²) in [7, 11) is 0. The van der Waals surface area contributed by atoms with Gasteiger partial charge >= 0.3 is 0 Å². The van der Waals surface area contributed by atoms with Gasteiger partial charge in [-0.15, -0.1) is 0 Å². The van der Waals surface area contributed by atoms with Gasteiger partial charge in [0.2, 0.25) is 0 Å². The van der Waals surface area contributed by atoms with Crippen LogP contribution in [0.25, 0.3) is 0 Å². The van der Waals surface area contributed by atoms with E-state index in [1.54, 1.807) is 12.3 Å². The molecule has 0 amide bonds. The lowest BCUT2D eigenvalue weighted by Gasteiger charge is -2.25. The first-order valence-electron chi connectivity index (χ1n) is 8.34. The number of hydrogen-bond acceptors (Lipinski definition) is 3. The van der Waals surface area contributed by atoms with E-state index in [0.29, 0.717) is 12.3 Å². The van der Waals surface area contributed by atoms with Crippen molar-refractivity contribution in [2.45, 2.75) is 25.6 Å². The number of nitrogens with zero attached hydrogens (tertiary/aromatic N) is 2. The standard InChI is InChI=1S/C22H20N2O/c1-17(19-10-6-3-7-11-19)22(20-12-13-21(14-23)24-15-20)25-16-18-8-4-2-5-9-18/h2-13,15,17,22H,16H2,1H3/t17?,22-/m1/s1. The van der Waals surface area contributed by atoms with Gasteiger partial charge in [-0.3, -0.25) is 0 Å². The third kappa shape index (κ3) is 4.32. The van der Waals surface area contributed by atoms with E-state index in [0.717, 1.165) is 11.1 Å². The van der Waals surface area contributed by atoms with Gasteiger partial charge in [0, 0.05) is 12.1 Å². The molecule has 0 saturated carbocycles. The molecule has 2 aromatic carbocycles. The van der Waals surface area contributed by atoms with Crippen molar-refractivity contribution in [1.29, 1.82) is 5.26 Å². The molecular weight excluding hydrogens is 308 g/mol. The number of nitriles is 1. The van der Waals surface area contributed by atoms with Crippen molar-refractivity contribution >= 4 is 0 Å². The third-order valence-electron chi connectivity index (χ3n) is 4.28. The Balaban J connectivity index is 1.85. The minimum Gasteiger partial charge on any atom is -0.368 e. The van der Waals surface area contributed by atoms with Crippen LogP contribution in [0.5, 0.6) is 0 Å². The molecule has 0 spiro atoms. The largest absolute Gasteiger partial charge is 0.368 e. The average Bonchev–Trinajstić information content (AvgIpc) is 2.70. The molecule has 0 aliphatic heterocycles. The lowest BCUT2D eigenvalue weighted by Crippen LogP contribution is -2.13. The van der Waals surface area contributed by atoms with Crippen LogP contribution in [0.2, 0.25) is 0 Å². The van der Waals surface area contributed by atoms with Crippen LogP contribution in [0.15, 0.2) is 79.0 Å². The summed E-state index contributed by atoms with van der Waals surface area (Å²) in [6.45, 7) is 2.69. The second-order valence-corrected chi connectivity index (χ2v) is 6.01. The zero-order chi connectivity index (χ0) is 17.5. The van der Waals surface area contributed by atoms with Crippen molar-refractivity contribution in [2.75, 3.05) is 0 Å². The number of rotatable bonds is 6. The van der Waals surface area contributed by atoms with E-state index in [-0.39, 0.29) is 12.0 Å². The highest BCUT2D eigenvalue weighted by Gasteiger charge is 2.22. The van der Waals surface area contributed by atoms with Crippen LogP contribution >= 0.6 is 0 Å². The second-order valence-electron chi connectivity index (χ2n) is 6.01. The molecule has 1 heterocycles. The highest BCUT2D eigenvalue weighted by Crippen LogP contribution is 2.34. The maximum Gasteiger partial charge on any atom is 0.140 e. The lowest BCUT2D eigenvalue weighted by molar-refractivity contribution is 0.0240. The molecule has 1 aromatic heterocycles. The van der Waals surface area contributed by atoms with Crippen molar-refractivity contribution < 1.29 is 4.74 Å². The number of ether oxygens (including phenoxy) is 1. The zero-order valence-corrected chi connectivity index (χ0v) is 14.2. The smallest absolute Gasteiger partial charge is 0.140 e. The highest BCUT2D eigenvalue weighted by atomic mass is 16.5. The Morgan fingerprint density at radius 3 is 2.20 bits per heavy atom. The summed E-state index contributed by atoms with van der Waals surface area (Å²) >= 11 is 0. The first kappa shape index (κ1) is 16.9. The van der Waals surface area contributed by atoms with Gasteiger partial charge in [0.25, 0.3) is 0 Å². The second kappa shape index (κ2) is 8.23. The average molecular weight is 328 g/mol. The first-order chi connectivity index (χ1) is 12.3. The summed E-state index contributed by atoms with van der Waals surface area (Å²) in [6, 6.07) is 26.2. The summed E-state index contributed by atoms with van der Waals surface area (Å²) in [4.78, 5) is 4.21. The van der Waals surface area contributed by atoms with Gasteiger partial charge in [0.1, 0.15) is 11.8 Å². The minimum absolute atomic E-state index is 0.136. The Morgan fingerprint density at radius 1 is 0.920 bits per heavy atom. The topological polar surface area (TPSA) is 45.9 Å². The summed E-state index contributed by atoms with van der Waals surface area (Å²) in [6.07, 6.45) is 1.61. The fraction of sp³-hybridized carbons (Fsp3) is 0.182. The van der Waals surface area contributed by atoms with E-state index < -0.39 is 0 Å². The Bertz CT molecular complexity index is 823. The Morgan fingerprint density at radius 2 is 1.60 bits per heavy atom. The lowest BCUT2D eigenvalue weighted by atomic mass is 9.91. The number of pyridine rings is 1. The van der Waals surface area contributed by atoms with Crippen LogP contribution in [0.3, 0.4) is 0 Å². The van der Waals surface area contributed by atoms with E-state index in [4.69, 9.17) is 10.00 Å². The first-order valence-corrected chi connectivity index (χ1v) is 8.34. The maximum atomic E-state index is 8.96. The van der Waals surface area contributed by atoms with Crippen molar-refractivity contribution in [3.8, 4) is 6.07 Å². The number of aromatic nitrogens is 1. The monoisotopic (exact) mass is 328 g/mol. The van der Waals surface area contributed by atoms with Crippen LogP contribution in [0.1, 0.15) is 41.3 Å². The van der Waals surface area contributed by atoms with Crippen LogP contribution in [0, 0.1) is 11.3 Å². The van der Waals surface area contributed by atoms with Crippen molar-refractivity contribution in [3.05, 3.63) is 101 Å². The molecular formula is C22H20N2O. The fourth-order valence-corrected chi connectivity index (χ4v) is 2.86. The number of benzene rings is 2. The zero-order valence-electron chi connectivity index (χ0n) is 14.2. The van der Waals surface area contributed by atoms with Gasteiger partial charge in [-0.05, 0) is 22.8 Å². The molecule has 3 heteroatoms. The van der Waals surface area contributed by atoms with Crippen molar-refractivity contribution in [1.82, 2.24) is 4.98 Å². The highest BCUT2D eigenvalue weighted by molar-refractivity contribution is 5.28. The Labute approximate surface area is 148 Å². The van der Waals surface area contributed by atoms with Gasteiger partial charge in [-0.2, -0.15) is 5.26 Å². The summed E-state index contributed by atoms with van der Waals surface area (Å²) in [5, 5.41) is 8.96. The van der Waals surface area contributed by atoms with Crippen LogP contribution in [-0.2, 0) is 11.3 Å². The van der Waals surface area contributed by atoms with Gasteiger partial charge in [-0.1, -0.05) is 73.7 Å². The molecule has 0 saturated heterocycles. The van der Waals surface area contributed by atoms with Crippen molar-refractivity contribution in [2.24, 2.45) is 0 Å². The molecule has 0 bridgehead atoms. The molecule has 0 aliphatic rings. The van der Waals surface area contributed by atoms with Gasteiger partial charge in [-0.25, -0.2) is 4.98 Å². The number of hydrogen-bond donors (Lipinski definition) is 0. The molecule has 0 aliphatic carbocycles. The molecule has 25 heavy (non-hydrogen) atoms. The van der Waals surface area contributed by atoms with E-state index in [2.05, 4.69) is 42.2 Å². The van der Waals surface area contributed by atoms with Crippen LogP contribution in [-0.4, -0.2) is 4.98 Å². The molecule has 1 unspecified atom stereocenters. The summed E-state index contributed by atoms with van der Waals surface area (Å²) in [5.41, 5.74) is 3.74. The van der Waals surface area contributed by atoms with E-state index in [1.807, 2.05) is 42.5 Å². The molecule has 3 nitrogen and oxygen atoms in total. The van der Waals surface area contributed by atoms with Gasteiger partial charge in [0.15, 0.2) is 0 Å². The quantitative estimate of drug-likeness (QED) is 0.638. The molecule has 3 rings (SSSR count). The van der Waals surface area contributed by atoms with Crippen molar-refractivity contribution in [3.63, 3.8) is 0 Å². The van der Waals surface area contributed by atoms with E-state index in [9.17, 15) is 0 Å². The van der Waals surface area contributed by atoms with Gasteiger partial charge < -0.3 is 4.74 Å². The molecule has 0 N–H and O–H groups in total. The van der Waals surface area contributed by atoms with Gasteiger partial charge in [0.05, 0.1) is 12.7 Å². The SMILES string of the molecule is CC(c1ccccc1)[C@@H](OCc1ccccc1)c1ccc(C#N)nc1. The third-order valence-corrected chi connectivity index (χ3v) is 4.28. The Kier molecular flexibility index (Phi) is 5.56. The normalized spacial score (nSPS) is 13.0. The van der Waals surface area contributed by atoms with Crippen LogP contribution < -0.4 is 0 Å². The van der Waals surface area contributed by atoms with E-state index >= 15 is 0 Å². The molecule has 0 radical (unpaired) electrons. The fourth-order valence-electron chi connectivity index (χ4n) is 2.86. The molecule has 2 atom stereocenters. The molecule has 3 aromatic rings. The predicted molar refractivity (Wildman–Crippen MR) is 97.8 cm³/mol.